The molecular weight excluding hydrogens is 244 g/mol. The number of anilines is 3. The second-order valence-electron chi connectivity index (χ2n) is 6.50. The van der Waals surface area contributed by atoms with Gasteiger partial charge in [-0.2, -0.15) is 0 Å². The normalized spacial score (nSPS) is 11.4. The minimum atomic E-state index is 0.141. The molecule has 0 aliphatic rings. The Morgan fingerprint density at radius 2 is 1.60 bits per heavy atom. The number of nitrogen functional groups attached to an aromatic ring is 1. The van der Waals surface area contributed by atoms with E-state index in [0.717, 1.165) is 17.1 Å². The lowest BCUT2D eigenvalue weighted by atomic mass is 9.86. The monoisotopic (exact) mass is 268 g/mol. The van der Waals surface area contributed by atoms with Gasteiger partial charge in [0, 0.05) is 5.69 Å². The van der Waals surface area contributed by atoms with Crippen LogP contribution in [0.4, 0.5) is 17.1 Å². The highest BCUT2D eigenvalue weighted by molar-refractivity contribution is 5.74. The van der Waals surface area contributed by atoms with E-state index in [1.54, 1.807) is 0 Å². The van der Waals surface area contributed by atoms with Gasteiger partial charge in [0.05, 0.1) is 11.4 Å². The molecule has 0 unspecified atom stereocenters. The third-order valence-electron chi connectivity index (χ3n) is 3.58. The molecule has 2 rings (SSSR count). The SMILES string of the molecule is Cc1ccc(N)c(Nc2cc(C(C)(C)C)ccc2C)c1. The van der Waals surface area contributed by atoms with Gasteiger partial charge in [-0.15, -0.1) is 0 Å². The van der Waals surface area contributed by atoms with Gasteiger partial charge in [0.1, 0.15) is 0 Å². The third kappa shape index (κ3) is 3.13. The van der Waals surface area contributed by atoms with Crippen molar-refractivity contribution in [1.29, 1.82) is 0 Å². The maximum Gasteiger partial charge on any atom is 0.0620 e. The van der Waals surface area contributed by atoms with Gasteiger partial charge in [0.15, 0.2) is 0 Å². The summed E-state index contributed by atoms with van der Waals surface area (Å²) >= 11 is 0. The zero-order valence-electron chi connectivity index (χ0n) is 13.0. The van der Waals surface area contributed by atoms with Gasteiger partial charge >= 0.3 is 0 Å². The number of rotatable bonds is 2. The summed E-state index contributed by atoms with van der Waals surface area (Å²) < 4.78 is 0. The minimum absolute atomic E-state index is 0.141. The molecule has 2 aromatic rings. The van der Waals surface area contributed by atoms with E-state index in [0.29, 0.717) is 0 Å². The Bertz CT molecular complexity index is 622. The highest BCUT2D eigenvalue weighted by Crippen LogP contribution is 2.30. The van der Waals surface area contributed by atoms with Crippen LogP contribution in [0.1, 0.15) is 37.5 Å². The quantitative estimate of drug-likeness (QED) is 0.758. The van der Waals surface area contributed by atoms with Crippen molar-refractivity contribution in [2.45, 2.75) is 40.0 Å². The fourth-order valence-electron chi connectivity index (χ4n) is 2.15. The molecule has 0 spiro atoms. The van der Waals surface area contributed by atoms with Crippen molar-refractivity contribution in [3.63, 3.8) is 0 Å². The number of nitrogens with two attached hydrogens (primary N) is 1. The molecule has 2 nitrogen and oxygen atoms in total. The van der Waals surface area contributed by atoms with Gasteiger partial charge in [-0.25, -0.2) is 0 Å². The maximum atomic E-state index is 6.05. The summed E-state index contributed by atoms with van der Waals surface area (Å²) in [6, 6.07) is 12.6. The molecular formula is C18H24N2. The Labute approximate surface area is 122 Å². The summed E-state index contributed by atoms with van der Waals surface area (Å²) in [7, 11) is 0. The first-order chi connectivity index (χ1) is 9.27. The molecule has 0 bridgehead atoms. The number of benzene rings is 2. The molecule has 106 valence electrons. The first-order valence-electron chi connectivity index (χ1n) is 7.01. The van der Waals surface area contributed by atoms with Crippen LogP contribution < -0.4 is 11.1 Å². The standard InChI is InChI=1S/C18H24N2/c1-12-6-9-15(19)17(10-12)20-16-11-14(18(3,4)5)8-7-13(16)2/h6-11,20H,19H2,1-5H3. The lowest BCUT2D eigenvalue weighted by Gasteiger charge is -2.21. The van der Waals surface area contributed by atoms with E-state index < -0.39 is 0 Å². The lowest BCUT2D eigenvalue weighted by Crippen LogP contribution is -2.11. The van der Waals surface area contributed by atoms with Gasteiger partial charge in [0.2, 0.25) is 0 Å². The van der Waals surface area contributed by atoms with E-state index in [1.165, 1.54) is 16.7 Å². The molecule has 0 radical (unpaired) electrons. The van der Waals surface area contributed by atoms with Crippen LogP contribution in [0, 0.1) is 13.8 Å². The van der Waals surface area contributed by atoms with E-state index >= 15 is 0 Å². The van der Waals surface area contributed by atoms with Crippen LogP contribution in [0.5, 0.6) is 0 Å². The zero-order chi connectivity index (χ0) is 14.9. The maximum absolute atomic E-state index is 6.05. The predicted octanol–water partition coefficient (Wildman–Crippen LogP) is 4.93. The Hall–Kier alpha value is -1.96. The van der Waals surface area contributed by atoms with Crippen LogP contribution in [-0.4, -0.2) is 0 Å². The highest BCUT2D eigenvalue weighted by atomic mass is 14.9. The smallest absolute Gasteiger partial charge is 0.0620 e. The van der Waals surface area contributed by atoms with Crippen LogP contribution in [0.25, 0.3) is 0 Å². The largest absolute Gasteiger partial charge is 0.397 e. The molecule has 0 heterocycles. The topological polar surface area (TPSA) is 38.0 Å². The summed E-state index contributed by atoms with van der Waals surface area (Å²) in [5.41, 5.74) is 12.8. The third-order valence-corrected chi connectivity index (χ3v) is 3.58. The molecule has 0 aliphatic carbocycles. The van der Waals surface area contributed by atoms with Crippen molar-refractivity contribution in [3.8, 4) is 0 Å². The van der Waals surface area contributed by atoms with E-state index in [9.17, 15) is 0 Å². The summed E-state index contributed by atoms with van der Waals surface area (Å²) in [5, 5.41) is 3.47. The zero-order valence-corrected chi connectivity index (χ0v) is 13.0. The Morgan fingerprint density at radius 1 is 0.900 bits per heavy atom. The first-order valence-corrected chi connectivity index (χ1v) is 7.01. The molecule has 0 aromatic heterocycles. The van der Waals surface area contributed by atoms with Crippen molar-refractivity contribution in [2.24, 2.45) is 0 Å². The van der Waals surface area contributed by atoms with E-state index in [-0.39, 0.29) is 5.41 Å². The first kappa shape index (κ1) is 14.4. The van der Waals surface area contributed by atoms with Crippen molar-refractivity contribution in [3.05, 3.63) is 53.1 Å². The number of nitrogens with one attached hydrogen (secondary N) is 1. The second kappa shape index (κ2) is 5.20. The fourth-order valence-corrected chi connectivity index (χ4v) is 2.15. The molecule has 0 saturated heterocycles. The Morgan fingerprint density at radius 3 is 2.25 bits per heavy atom. The van der Waals surface area contributed by atoms with Gasteiger partial charge < -0.3 is 11.1 Å². The highest BCUT2D eigenvalue weighted by Gasteiger charge is 2.15. The van der Waals surface area contributed by atoms with Gasteiger partial charge in [-0.1, -0.05) is 39.0 Å². The molecule has 0 atom stereocenters. The average molecular weight is 268 g/mol. The number of hydrogen-bond acceptors (Lipinski definition) is 2. The van der Waals surface area contributed by atoms with Crippen molar-refractivity contribution < 1.29 is 0 Å². The van der Waals surface area contributed by atoms with E-state index in [1.807, 2.05) is 12.1 Å². The predicted molar refractivity (Wildman–Crippen MR) is 88.8 cm³/mol. The van der Waals surface area contributed by atoms with Crippen molar-refractivity contribution >= 4 is 17.1 Å². The molecule has 3 N–H and O–H groups in total. The Balaban J connectivity index is 2.40. The van der Waals surface area contributed by atoms with Crippen molar-refractivity contribution in [2.75, 3.05) is 11.1 Å². The molecule has 0 aliphatic heterocycles. The fraction of sp³-hybridized carbons (Fsp3) is 0.333. The van der Waals surface area contributed by atoms with Gasteiger partial charge in [-0.3, -0.25) is 0 Å². The molecule has 2 heteroatoms. The van der Waals surface area contributed by atoms with Gasteiger partial charge in [0.25, 0.3) is 0 Å². The minimum Gasteiger partial charge on any atom is -0.397 e. The number of aryl methyl sites for hydroxylation is 2. The molecule has 20 heavy (non-hydrogen) atoms. The molecule has 0 amide bonds. The van der Waals surface area contributed by atoms with Crippen LogP contribution in [0.3, 0.4) is 0 Å². The van der Waals surface area contributed by atoms with E-state index in [2.05, 4.69) is 64.2 Å². The summed E-state index contributed by atoms with van der Waals surface area (Å²) in [6.45, 7) is 10.9. The average Bonchev–Trinajstić information content (AvgIpc) is 2.35. The second-order valence-corrected chi connectivity index (χ2v) is 6.50. The van der Waals surface area contributed by atoms with Crippen molar-refractivity contribution in [1.82, 2.24) is 0 Å². The van der Waals surface area contributed by atoms with Crippen LogP contribution in [0.15, 0.2) is 36.4 Å². The summed E-state index contributed by atoms with van der Waals surface area (Å²) in [5.74, 6) is 0. The van der Waals surface area contributed by atoms with Gasteiger partial charge in [-0.05, 0) is 54.2 Å². The lowest BCUT2D eigenvalue weighted by molar-refractivity contribution is 0.590. The Kier molecular flexibility index (Phi) is 3.76. The van der Waals surface area contributed by atoms with E-state index in [4.69, 9.17) is 5.73 Å². The number of hydrogen-bond donors (Lipinski definition) is 2. The van der Waals surface area contributed by atoms with Crippen LogP contribution in [0.2, 0.25) is 0 Å². The summed E-state index contributed by atoms with van der Waals surface area (Å²) in [6.07, 6.45) is 0. The summed E-state index contributed by atoms with van der Waals surface area (Å²) in [4.78, 5) is 0. The molecule has 0 saturated carbocycles. The molecule has 0 fully saturated rings. The van der Waals surface area contributed by atoms with Crippen LogP contribution in [-0.2, 0) is 5.41 Å². The van der Waals surface area contributed by atoms with Crippen LogP contribution >= 0.6 is 0 Å². The molecule has 2 aromatic carbocycles.